The van der Waals surface area contributed by atoms with Gasteiger partial charge in [0.25, 0.3) is 0 Å². The van der Waals surface area contributed by atoms with Crippen molar-refractivity contribution < 1.29 is 15.0 Å². The zero-order valence-electron chi connectivity index (χ0n) is 8.10. The van der Waals surface area contributed by atoms with E-state index in [-0.39, 0.29) is 18.6 Å². The van der Waals surface area contributed by atoms with Gasteiger partial charge in [-0.05, 0) is 5.92 Å². The standard InChI is InChI=1S/C9H17NO3/c1-6(2)8(3-9(12)13)10-4-7(11)5-10/h6-8,11H,3-5H2,1-2H3,(H,12,13). The van der Waals surface area contributed by atoms with Crippen molar-refractivity contribution in [2.75, 3.05) is 13.1 Å². The summed E-state index contributed by atoms with van der Waals surface area (Å²) in [7, 11) is 0. The monoisotopic (exact) mass is 187 g/mol. The van der Waals surface area contributed by atoms with Crippen molar-refractivity contribution >= 4 is 5.97 Å². The van der Waals surface area contributed by atoms with Crippen molar-refractivity contribution in [2.24, 2.45) is 5.92 Å². The first-order valence-electron chi connectivity index (χ1n) is 4.64. The number of hydrogen-bond acceptors (Lipinski definition) is 3. The quantitative estimate of drug-likeness (QED) is 0.658. The molecule has 0 aromatic heterocycles. The third-order valence-electron chi connectivity index (χ3n) is 2.51. The van der Waals surface area contributed by atoms with E-state index in [2.05, 4.69) is 0 Å². The molecule has 1 fully saturated rings. The van der Waals surface area contributed by atoms with Crippen molar-refractivity contribution in [3.05, 3.63) is 0 Å². The van der Waals surface area contributed by atoms with Crippen LogP contribution in [0.4, 0.5) is 0 Å². The van der Waals surface area contributed by atoms with Crippen molar-refractivity contribution in [3.8, 4) is 0 Å². The third kappa shape index (κ3) is 2.67. The molecule has 1 saturated heterocycles. The average molecular weight is 187 g/mol. The Kier molecular flexibility index (Phi) is 3.27. The molecule has 0 saturated carbocycles. The molecule has 13 heavy (non-hydrogen) atoms. The van der Waals surface area contributed by atoms with Crippen molar-refractivity contribution in [2.45, 2.75) is 32.4 Å². The van der Waals surface area contributed by atoms with Gasteiger partial charge in [0.05, 0.1) is 12.5 Å². The first-order chi connectivity index (χ1) is 6.00. The number of carbonyl (C=O) groups is 1. The topological polar surface area (TPSA) is 60.8 Å². The lowest BCUT2D eigenvalue weighted by atomic mass is 9.95. The molecule has 4 nitrogen and oxygen atoms in total. The fourth-order valence-corrected chi connectivity index (χ4v) is 1.72. The Bertz CT molecular complexity index is 187. The molecule has 0 aromatic carbocycles. The maximum absolute atomic E-state index is 10.6. The third-order valence-corrected chi connectivity index (χ3v) is 2.51. The normalized spacial score (nSPS) is 21.5. The molecule has 1 atom stereocenters. The molecule has 1 aliphatic rings. The second-order valence-electron chi connectivity index (χ2n) is 4.02. The molecule has 4 heteroatoms. The molecule has 1 unspecified atom stereocenters. The van der Waals surface area contributed by atoms with Gasteiger partial charge in [0.2, 0.25) is 0 Å². The summed E-state index contributed by atoms with van der Waals surface area (Å²) < 4.78 is 0. The Labute approximate surface area is 78.2 Å². The largest absolute Gasteiger partial charge is 0.481 e. The maximum Gasteiger partial charge on any atom is 0.304 e. The highest BCUT2D eigenvalue weighted by Gasteiger charge is 2.33. The van der Waals surface area contributed by atoms with Gasteiger partial charge in [-0.3, -0.25) is 9.69 Å². The van der Waals surface area contributed by atoms with Crippen LogP contribution in [0.2, 0.25) is 0 Å². The molecule has 2 N–H and O–H groups in total. The van der Waals surface area contributed by atoms with Gasteiger partial charge in [-0.25, -0.2) is 0 Å². The Hall–Kier alpha value is -0.610. The lowest BCUT2D eigenvalue weighted by molar-refractivity contribution is -0.140. The zero-order valence-corrected chi connectivity index (χ0v) is 8.10. The van der Waals surface area contributed by atoms with Crippen LogP contribution in [0.25, 0.3) is 0 Å². The highest BCUT2D eigenvalue weighted by molar-refractivity contribution is 5.67. The summed E-state index contributed by atoms with van der Waals surface area (Å²) in [6.45, 7) is 5.27. The van der Waals surface area contributed by atoms with E-state index in [9.17, 15) is 4.79 Å². The molecule has 1 rings (SSSR count). The Morgan fingerprint density at radius 1 is 1.54 bits per heavy atom. The van der Waals surface area contributed by atoms with Gasteiger partial charge >= 0.3 is 5.97 Å². The second-order valence-corrected chi connectivity index (χ2v) is 4.02. The van der Waals surface area contributed by atoms with E-state index in [0.29, 0.717) is 19.0 Å². The summed E-state index contributed by atoms with van der Waals surface area (Å²) in [6.07, 6.45) is -0.0836. The minimum Gasteiger partial charge on any atom is -0.481 e. The average Bonchev–Trinajstić information content (AvgIpc) is 1.94. The van der Waals surface area contributed by atoms with E-state index < -0.39 is 5.97 Å². The van der Waals surface area contributed by atoms with Crippen LogP contribution >= 0.6 is 0 Å². The maximum atomic E-state index is 10.6. The summed E-state index contributed by atoms with van der Waals surface area (Å²) in [4.78, 5) is 12.6. The van der Waals surface area contributed by atoms with Gasteiger partial charge in [0.15, 0.2) is 0 Å². The minimum absolute atomic E-state index is 0.0703. The summed E-state index contributed by atoms with van der Waals surface area (Å²) in [5.41, 5.74) is 0. The Morgan fingerprint density at radius 3 is 2.38 bits per heavy atom. The van der Waals surface area contributed by atoms with Crippen molar-refractivity contribution in [3.63, 3.8) is 0 Å². The van der Waals surface area contributed by atoms with E-state index in [1.165, 1.54) is 0 Å². The molecule has 1 heterocycles. The van der Waals surface area contributed by atoms with Crippen LogP contribution in [0.5, 0.6) is 0 Å². The van der Waals surface area contributed by atoms with Crippen LogP contribution in [-0.2, 0) is 4.79 Å². The highest BCUT2D eigenvalue weighted by atomic mass is 16.4. The molecule has 76 valence electrons. The fourth-order valence-electron chi connectivity index (χ4n) is 1.72. The van der Waals surface area contributed by atoms with Gasteiger partial charge in [-0.1, -0.05) is 13.8 Å². The summed E-state index contributed by atoms with van der Waals surface area (Å²) >= 11 is 0. The zero-order chi connectivity index (χ0) is 10.0. The highest BCUT2D eigenvalue weighted by Crippen LogP contribution is 2.20. The van der Waals surface area contributed by atoms with E-state index >= 15 is 0 Å². The molecular formula is C9H17NO3. The van der Waals surface area contributed by atoms with E-state index in [0.717, 1.165) is 0 Å². The van der Waals surface area contributed by atoms with Gasteiger partial charge < -0.3 is 10.2 Å². The number of hydrogen-bond donors (Lipinski definition) is 2. The number of aliphatic hydroxyl groups is 1. The number of β-amino-alcohol motifs (C(OH)–C–C–N with tert-alkyl or cyclic N) is 1. The number of nitrogens with zero attached hydrogens (tertiary/aromatic N) is 1. The predicted octanol–water partition coefficient (Wildman–Crippen LogP) is 0.162. The van der Waals surface area contributed by atoms with Gasteiger partial charge in [0, 0.05) is 19.1 Å². The van der Waals surface area contributed by atoms with Gasteiger partial charge in [0.1, 0.15) is 0 Å². The first-order valence-corrected chi connectivity index (χ1v) is 4.64. The molecule has 0 aliphatic carbocycles. The Balaban J connectivity index is 2.43. The predicted molar refractivity (Wildman–Crippen MR) is 48.5 cm³/mol. The lowest BCUT2D eigenvalue weighted by Crippen LogP contribution is -2.57. The van der Waals surface area contributed by atoms with Gasteiger partial charge in [-0.15, -0.1) is 0 Å². The van der Waals surface area contributed by atoms with E-state index in [1.807, 2.05) is 18.7 Å². The first kappa shape index (κ1) is 10.5. The van der Waals surface area contributed by atoms with E-state index in [4.69, 9.17) is 10.2 Å². The summed E-state index contributed by atoms with van der Waals surface area (Å²) in [6, 6.07) is 0.0703. The number of rotatable bonds is 4. The number of carboxylic acid groups (broad SMARTS) is 1. The van der Waals surface area contributed by atoms with E-state index in [1.54, 1.807) is 0 Å². The van der Waals surface area contributed by atoms with Crippen LogP contribution in [0.3, 0.4) is 0 Å². The number of aliphatic hydroxyl groups excluding tert-OH is 1. The van der Waals surface area contributed by atoms with Crippen molar-refractivity contribution in [1.29, 1.82) is 0 Å². The van der Waals surface area contributed by atoms with Crippen LogP contribution in [0, 0.1) is 5.92 Å². The summed E-state index contributed by atoms with van der Waals surface area (Å²) in [5.74, 6) is -0.441. The molecule has 0 amide bonds. The molecule has 0 spiro atoms. The fraction of sp³-hybridized carbons (Fsp3) is 0.889. The molecule has 0 bridgehead atoms. The smallest absolute Gasteiger partial charge is 0.304 e. The van der Waals surface area contributed by atoms with Crippen LogP contribution in [0.1, 0.15) is 20.3 Å². The number of likely N-dealkylation sites (tertiary alicyclic amines) is 1. The molecule has 0 radical (unpaired) electrons. The summed E-state index contributed by atoms with van der Waals surface area (Å²) in [5, 5.41) is 17.8. The van der Waals surface area contributed by atoms with Crippen LogP contribution in [-0.4, -0.2) is 46.3 Å². The number of aliphatic carboxylic acids is 1. The SMILES string of the molecule is CC(C)C(CC(=O)O)N1CC(O)C1. The van der Waals surface area contributed by atoms with Gasteiger partial charge in [-0.2, -0.15) is 0 Å². The minimum atomic E-state index is -0.764. The molecule has 1 aliphatic heterocycles. The van der Waals surface area contributed by atoms with Crippen molar-refractivity contribution in [1.82, 2.24) is 4.90 Å². The second kappa shape index (κ2) is 4.07. The van der Waals surface area contributed by atoms with Crippen LogP contribution in [0.15, 0.2) is 0 Å². The molecule has 0 aromatic rings. The lowest BCUT2D eigenvalue weighted by Gasteiger charge is -2.43. The Morgan fingerprint density at radius 2 is 2.08 bits per heavy atom. The van der Waals surface area contributed by atoms with Crippen LogP contribution < -0.4 is 0 Å². The number of carboxylic acids is 1. The molecular weight excluding hydrogens is 170 g/mol.